The Morgan fingerprint density at radius 3 is 2.70 bits per heavy atom. The van der Waals surface area contributed by atoms with Gasteiger partial charge in [-0.3, -0.25) is 9.97 Å². The van der Waals surface area contributed by atoms with Crippen molar-refractivity contribution in [3.05, 3.63) is 42.6 Å². The lowest BCUT2D eigenvalue weighted by molar-refractivity contribution is 0.122. The number of aromatic nitrogens is 3. The van der Waals surface area contributed by atoms with Crippen LogP contribution in [0.25, 0.3) is 0 Å². The van der Waals surface area contributed by atoms with Gasteiger partial charge in [-0.1, -0.05) is 0 Å². The number of hydrogen-bond acceptors (Lipinski definition) is 6. The van der Waals surface area contributed by atoms with Gasteiger partial charge in [0.15, 0.2) is 0 Å². The van der Waals surface area contributed by atoms with E-state index < -0.39 is 0 Å². The highest BCUT2D eigenvalue weighted by Crippen LogP contribution is 2.15. The number of morpholine rings is 1. The largest absolute Gasteiger partial charge is 0.378 e. The molecule has 0 unspecified atom stereocenters. The number of nitrogens with zero attached hydrogens (tertiary/aromatic N) is 4. The number of hydrogen-bond donors (Lipinski definition) is 1. The van der Waals surface area contributed by atoms with Crippen LogP contribution in [0.1, 0.15) is 5.69 Å². The molecular formula is C14H17N5O. The molecule has 0 atom stereocenters. The molecule has 0 spiro atoms. The van der Waals surface area contributed by atoms with Crippen LogP contribution in [-0.4, -0.2) is 41.3 Å². The Labute approximate surface area is 117 Å². The Morgan fingerprint density at radius 1 is 1.10 bits per heavy atom. The molecule has 1 aliphatic rings. The van der Waals surface area contributed by atoms with Crippen LogP contribution in [0.4, 0.5) is 11.5 Å². The highest BCUT2D eigenvalue weighted by molar-refractivity contribution is 5.48. The molecule has 20 heavy (non-hydrogen) atoms. The molecule has 0 aromatic carbocycles. The summed E-state index contributed by atoms with van der Waals surface area (Å²) in [5.74, 6) is 0.998. The smallest absolute Gasteiger partial charge is 0.128 e. The predicted octanol–water partition coefficient (Wildman–Crippen LogP) is 1.32. The third-order valence-electron chi connectivity index (χ3n) is 3.17. The fraction of sp³-hybridized carbons (Fsp3) is 0.357. The summed E-state index contributed by atoms with van der Waals surface area (Å²) in [4.78, 5) is 15.0. The highest BCUT2D eigenvalue weighted by atomic mass is 16.5. The molecule has 2 aromatic rings. The fourth-order valence-corrected chi connectivity index (χ4v) is 2.08. The van der Waals surface area contributed by atoms with Crippen molar-refractivity contribution in [2.75, 3.05) is 36.5 Å². The summed E-state index contributed by atoms with van der Waals surface area (Å²) in [7, 11) is 0. The van der Waals surface area contributed by atoms with Crippen LogP contribution in [0, 0.1) is 0 Å². The van der Waals surface area contributed by atoms with Gasteiger partial charge in [0, 0.05) is 25.5 Å². The molecule has 1 fully saturated rings. The molecule has 3 rings (SSSR count). The molecule has 104 valence electrons. The zero-order chi connectivity index (χ0) is 13.6. The summed E-state index contributed by atoms with van der Waals surface area (Å²) >= 11 is 0. The van der Waals surface area contributed by atoms with E-state index in [-0.39, 0.29) is 0 Å². The summed E-state index contributed by atoms with van der Waals surface area (Å²) < 4.78 is 5.34. The van der Waals surface area contributed by atoms with E-state index in [0.29, 0.717) is 6.54 Å². The van der Waals surface area contributed by atoms with Gasteiger partial charge >= 0.3 is 0 Å². The SMILES string of the molecule is c1cnc(CNc2ccc(N3CCOCC3)nc2)cn1. The zero-order valence-corrected chi connectivity index (χ0v) is 11.2. The van der Waals surface area contributed by atoms with Crippen molar-refractivity contribution in [1.29, 1.82) is 0 Å². The lowest BCUT2D eigenvalue weighted by Crippen LogP contribution is -2.36. The molecule has 2 aromatic heterocycles. The average molecular weight is 271 g/mol. The van der Waals surface area contributed by atoms with Crippen molar-refractivity contribution >= 4 is 11.5 Å². The molecular weight excluding hydrogens is 254 g/mol. The summed E-state index contributed by atoms with van der Waals surface area (Å²) in [6.45, 7) is 3.99. The van der Waals surface area contributed by atoms with E-state index in [1.165, 1.54) is 0 Å². The minimum atomic E-state index is 0.645. The van der Waals surface area contributed by atoms with Crippen LogP contribution in [-0.2, 0) is 11.3 Å². The van der Waals surface area contributed by atoms with E-state index in [2.05, 4.69) is 25.2 Å². The molecule has 0 saturated carbocycles. The molecule has 1 saturated heterocycles. The lowest BCUT2D eigenvalue weighted by Gasteiger charge is -2.27. The molecule has 0 bridgehead atoms. The quantitative estimate of drug-likeness (QED) is 0.905. The second-order valence-electron chi connectivity index (χ2n) is 4.55. The first-order chi connectivity index (χ1) is 9.92. The Hall–Kier alpha value is -2.21. The van der Waals surface area contributed by atoms with Gasteiger partial charge in [-0.2, -0.15) is 0 Å². The molecule has 0 amide bonds. The number of pyridine rings is 1. The molecule has 6 heteroatoms. The molecule has 0 radical (unpaired) electrons. The summed E-state index contributed by atoms with van der Waals surface area (Å²) in [6.07, 6.45) is 6.96. The first kappa shape index (κ1) is 12.8. The third kappa shape index (κ3) is 3.21. The van der Waals surface area contributed by atoms with Crippen molar-refractivity contribution < 1.29 is 4.74 Å². The normalized spacial score (nSPS) is 15.1. The van der Waals surface area contributed by atoms with Gasteiger partial charge in [0.05, 0.1) is 43.5 Å². The van der Waals surface area contributed by atoms with Crippen LogP contribution >= 0.6 is 0 Å². The van der Waals surface area contributed by atoms with Gasteiger partial charge in [-0.15, -0.1) is 0 Å². The number of nitrogens with one attached hydrogen (secondary N) is 1. The first-order valence-electron chi connectivity index (χ1n) is 6.69. The predicted molar refractivity (Wildman–Crippen MR) is 76.6 cm³/mol. The van der Waals surface area contributed by atoms with Gasteiger partial charge in [-0.25, -0.2) is 4.98 Å². The van der Waals surface area contributed by atoms with Crippen LogP contribution < -0.4 is 10.2 Å². The average Bonchev–Trinajstić information content (AvgIpc) is 2.55. The standard InChI is InChI=1S/C14H17N5O/c1-2-14(19-5-7-20-8-6-19)18-10-12(1)17-11-13-9-15-3-4-16-13/h1-4,9-10,17H,5-8,11H2. The molecule has 1 aliphatic heterocycles. The minimum absolute atomic E-state index is 0.645. The maximum absolute atomic E-state index is 5.34. The second kappa shape index (κ2) is 6.29. The van der Waals surface area contributed by atoms with E-state index in [9.17, 15) is 0 Å². The van der Waals surface area contributed by atoms with E-state index in [0.717, 1.165) is 43.5 Å². The van der Waals surface area contributed by atoms with Crippen molar-refractivity contribution in [3.63, 3.8) is 0 Å². The highest BCUT2D eigenvalue weighted by Gasteiger charge is 2.11. The van der Waals surface area contributed by atoms with Gasteiger partial charge < -0.3 is 15.0 Å². The second-order valence-corrected chi connectivity index (χ2v) is 4.55. The number of ether oxygens (including phenoxy) is 1. The van der Waals surface area contributed by atoms with Crippen molar-refractivity contribution in [1.82, 2.24) is 15.0 Å². The Balaban J connectivity index is 1.58. The van der Waals surface area contributed by atoms with E-state index in [1.807, 2.05) is 18.3 Å². The summed E-state index contributed by atoms with van der Waals surface area (Å²) in [5.41, 5.74) is 1.89. The van der Waals surface area contributed by atoms with Crippen LogP contribution in [0.5, 0.6) is 0 Å². The van der Waals surface area contributed by atoms with Gasteiger partial charge in [0.25, 0.3) is 0 Å². The topological polar surface area (TPSA) is 63.2 Å². The van der Waals surface area contributed by atoms with Crippen molar-refractivity contribution in [2.45, 2.75) is 6.54 Å². The Morgan fingerprint density at radius 2 is 2.00 bits per heavy atom. The van der Waals surface area contributed by atoms with E-state index >= 15 is 0 Å². The summed E-state index contributed by atoms with van der Waals surface area (Å²) in [6, 6.07) is 4.07. The third-order valence-corrected chi connectivity index (χ3v) is 3.17. The summed E-state index contributed by atoms with van der Waals surface area (Å²) in [5, 5.41) is 3.28. The maximum Gasteiger partial charge on any atom is 0.128 e. The van der Waals surface area contributed by atoms with Crippen LogP contribution in [0.15, 0.2) is 36.9 Å². The fourth-order valence-electron chi connectivity index (χ4n) is 2.08. The molecule has 3 heterocycles. The van der Waals surface area contributed by atoms with Gasteiger partial charge in [0.1, 0.15) is 5.82 Å². The van der Waals surface area contributed by atoms with Gasteiger partial charge in [0.2, 0.25) is 0 Å². The molecule has 1 N–H and O–H groups in total. The zero-order valence-electron chi connectivity index (χ0n) is 11.2. The van der Waals surface area contributed by atoms with Crippen molar-refractivity contribution in [2.24, 2.45) is 0 Å². The Bertz CT molecular complexity index is 525. The first-order valence-corrected chi connectivity index (χ1v) is 6.69. The van der Waals surface area contributed by atoms with Gasteiger partial charge in [-0.05, 0) is 12.1 Å². The number of rotatable bonds is 4. The van der Waals surface area contributed by atoms with E-state index in [1.54, 1.807) is 18.6 Å². The Kier molecular flexibility index (Phi) is 4.03. The van der Waals surface area contributed by atoms with E-state index in [4.69, 9.17) is 4.74 Å². The lowest BCUT2D eigenvalue weighted by atomic mass is 10.3. The minimum Gasteiger partial charge on any atom is -0.378 e. The maximum atomic E-state index is 5.34. The van der Waals surface area contributed by atoms with Crippen LogP contribution in [0.3, 0.4) is 0 Å². The molecule has 6 nitrogen and oxygen atoms in total. The number of anilines is 2. The monoisotopic (exact) mass is 271 g/mol. The van der Waals surface area contributed by atoms with Crippen LogP contribution in [0.2, 0.25) is 0 Å². The molecule has 0 aliphatic carbocycles. The van der Waals surface area contributed by atoms with Crippen molar-refractivity contribution in [3.8, 4) is 0 Å².